The molecule has 0 fully saturated rings. The topological polar surface area (TPSA) is 86.1 Å². The van der Waals surface area contributed by atoms with E-state index in [0.29, 0.717) is 18.1 Å². The fourth-order valence-electron chi connectivity index (χ4n) is 1.55. The Morgan fingerprint density at radius 1 is 1.67 bits per heavy atom. The van der Waals surface area contributed by atoms with E-state index >= 15 is 0 Å². The van der Waals surface area contributed by atoms with E-state index in [1.807, 2.05) is 6.92 Å². The minimum Gasteiger partial charge on any atom is -0.467 e. The maximum absolute atomic E-state index is 11.9. The van der Waals surface area contributed by atoms with Crippen molar-refractivity contribution in [1.82, 2.24) is 15.1 Å². The summed E-state index contributed by atoms with van der Waals surface area (Å²) in [7, 11) is 0. The van der Waals surface area contributed by atoms with Gasteiger partial charge in [-0.1, -0.05) is 0 Å². The van der Waals surface area contributed by atoms with E-state index in [1.165, 1.54) is 0 Å². The Morgan fingerprint density at radius 3 is 3.00 bits per heavy atom. The second kappa shape index (κ2) is 4.95. The summed E-state index contributed by atoms with van der Waals surface area (Å²) in [5.41, 5.74) is 6.51. The molecule has 0 bridgehead atoms. The van der Waals surface area contributed by atoms with E-state index < -0.39 is 6.04 Å². The number of furan rings is 1. The van der Waals surface area contributed by atoms with Gasteiger partial charge in [-0.25, -0.2) is 0 Å². The van der Waals surface area contributed by atoms with Crippen LogP contribution in [0.4, 0.5) is 5.82 Å². The van der Waals surface area contributed by atoms with Crippen molar-refractivity contribution in [2.75, 3.05) is 5.73 Å². The third-order valence-electron chi connectivity index (χ3n) is 2.75. The summed E-state index contributed by atoms with van der Waals surface area (Å²) in [4.78, 5) is 11.9. The molecule has 0 aliphatic heterocycles. The smallest absolute Gasteiger partial charge is 0.244 e. The predicted molar refractivity (Wildman–Crippen MR) is 66.6 cm³/mol. The molecule has 2 aromatic rings. The Bertz CT molecular complexity index is 511. The fraction of sp³-hybridized carbons (Fsp3) is 0.333. The molecule has 2 rings (SSSR count). The molecule has 1 unspecified atom stereocenters. The lowest BCUT2D eigenvalue weighted by Crippen LogP contribution is -2.30. The quantitative estimate of drug-likeness (QED) is 0.852. The molecule has 3 N–H and O–H groups in total. The van der Waals surface area contributed by atoms with E-state index in [4.69, 9.17) is 10.2 Å². The van der Waals surface area contributed by atoms with Crippen molar-refractivity contribution in [2.24, 2.45) is 0 Å². The van der Waals surface area contributed by atoms with Gasteiger partial charge in [-0.2, -0.15) is 5.10 Å². The molecule has 2 heterocycles. The summed E-state index contributed by atoms with van der Waals surface area (Å²) in [6.07, 6.45) is 3.33. The van der Waals surface area contributed by atoms with Crippen LogP contribution in [-0.2, 0) is 11.3 Å². The van der Waals surface area contributed by atoms with Gasteiger partial charge in [0.2, 0.25) is 5.91 Å². The molecule has 0 radical (unpaired) electrons. The zero-order valence-corrected chi connectivity index (χ0v) is 10.4. The number of nitrogen functional groups attached to an aromatic ring is 1. The van der Waals surface area contributed by atoms with Crippen LogP contribution >= 0.6 is 0 Å². The highest BCUT2D eigenvalue weighted by Gasteiger charge is 2.16. The van der Waals surface area contributed by atoms with Crippen LogP contribution in [0.25, 0.3) is 0 Å². The standard InChI is InChI=1S/C12H16N4O2/c1-8-7-16(15-11(8)13)9(2)12(17)14-6-10-4-3-5-18-10/h3-5,7,9H,6H2,1-2H3,(H2,13,15)(H,14,17). The van der Waals surface area contributed by atoms with Crippen LogP contribution in [0.1, 0.15) is 24.3 Å². The average Bonchev–Trinajstić information content (AvgIpc) is 2.96. The number of rotatable bonds is 4. The molecule has 0 aliphatic carbocycles. The number of hydrogen-bond donors (Lipinski definition) is 2. The molecule has 6 nitrogen and oxygen atoms in total. The van der Waals surface area contributed by atoms with Crippen LogP contribution < -0.4 is 11.1 Å². The highest BCUT2D eigenvalue weighted by molar-refractivity contribution is 5.79. The number of carbonyl (C=O) groups excluding carboxylic acids is 1. The zero-order chi connectivity index (χ0) is 13.1. The van der Waals surface area contributed by atoms with E-state index in [0.717, 1.165) is 5.56 Å². The van der Waals surface area contributed by atoms with E-state index in [9.17, 15) is 4.79 Å². The van der Waals surface area contributed by atoms with Gasteiger partial charge in [-0.15, -0.1) is 0 Å². The van der Waals surface area contributed by atoms with Crippen molar-refractivity contribution in [2.45, 2.75) is 26.4 Å². The Hall–Kier alpha value is -2.24. The number of nitrogens with zero attached hydrogens (tertiary/aromatic N) is 2. The maximum Gasteiger partial charge on any atom is 0.244 e. The van der Waals surface area contributed by atoms with E-state index in [2.05, 4.69) is 10.4 Å². The number of nitrogens with one attached hydrogen (secondary N) is 1. The monoisotopic (exact) mass is 248 g/mol. The van der Waals surface area contributed by atoms with Crippen LogP contribution in [0, 0.1) is 6.92 Å². The van der Waals surface area contributed by atoms with Gasteiger partial charge in [0.05, 0.1) is 12.8 Å². The highest BCUT2D eigenvalue weighted by Crippen LogP contribution is 2.12. The summed E-state index contributed by atoms with van der Waals surface area (Å²) in [5.74, 6) is 1.03. The number of aryl methyl sites for hydroxylation is 1. The molecule has 0 saturated carbocycles. The second-order valence-electron chi connectivity index (χ2n) is 4.15. The predicted octanol–water partition coefficient (Wildman–Crippen LogP) is 1.24. The van der Waals surface area contributed by atoms with Gasteiger partial charge < -0.3 is 15.5 Å². The van der Waals surface area contributed by atoms with Crippen molar-refractivity contribution in [3.05, 3.63) is 35.9 Å². The lowest BCUT2D eigenvalue weighted by atomic mass is 10.3. The maximum atomic E-state index is 11.9. The zero-order valence-electron chi connectivity index (χ0n) is 10.4. The molecule has 1 amide bonds. The summed E-state index contributed by atoms with van der Waals surface area (Å²) >= 11 is 0. The average molecular weight is 248 g/mol. The number of anilines is 1. The third kappa shape index (κ3) is 2.53. The second-order valence-corrected chi connectivity index (χ2v) is 4.15. The van der Waals surface area contributed by atoms with Gasteiger partial charge >= 0.3 is 0 Å². The van der Waals surface area contributed by atoms with Gasteiger partial charge in [0.25, 0.3) is 0 Å². The van der Waals surface area contributed by atoms with Crippen molar-refractivity contribution in [1.29, 1.82) is 0 Å². The number of amides is 1. The van der Waals surface area contributed by atoms with Crippen LogP contribution in [0.5, 0.6) is 0 Å². The summed E-state index contributed by atoms with van der Waals surface area (Å²) in [6.45, 7) is 3.99. The molecule has 0 aromatic carbocycles. The van der Waals surface area contributed by atoms with Gasteiger partial charge in [0.15, 0.2) is 0 Å². The summed E-state index contributed by atoms with van der Waals surface area (Å²) in [6, 6.07) is 3.18. The number of hydrogen-bond acceptors (Lipinski definition) is 4. The van der Waals surface area contributed by atoms with Crippen LogP contribution in [-0.4, -0.2) is 15.7 Å². The highest BCUT2D eigenvalue weighted by atomic mass is 16.3. The number of carbonyl (C=O) groups is 1. The van der Waals surface area contributed by atoms with Crippen molar-refractivity contribution >= 4 is 11.7 Å². The largest absolute Gasteiger partial charge is 0.467 e. The molecule has 18 heavy (non-hydrogen) atoms. The lowest BCUT2D eigenvalue weighted by molar-refractivity contribution is -0.124. The minimum absolute atomic E-state index is 0.131. The number of nitrogens with two attached hydrogens (primary N) is 1. The van der Waals surface area contributed by atoms with Gasteiger partial charge in [0.1, 0.15) is 17.6 Å². The van der Waals surface area contributed by atoms with Crippen molar-refractivity contribution < 1.29 is 9.21 Å². The molecule has 0 aliphatic rings. The first kappa shape index (κ1) is 12.2. The Kier molecular flexibility index (Phi) is 3.36. The third-order valence-corrected chi connectivity index (χ3v) is 2.75. The van der Waals surface area contributed by atoms with E-state index in [1.54, 1.807) is 36.2 Å². The van der Waals surface area contributed by atoms with Gasteiger partial charge in [-0.3, -0.25) is 9.48 Å². The van der Waals surface area contributed by atoms with Crippen LogP contribution in [0.15, 0.2) is 29.0 Å². The van der Waals surface area contributed by atoms with E-state index in [-0.39, 0.29) is 5.91 Å². The Balaban J connectivity index is 1.96. The minimum atomic E-state index is -0.407. The first-order valence-electron chi connectivity index (χ1n) is 5.69. The summed E-state index contributed by atoms with van der Waals surface area (Å²) < 4.78 is 6.69. The van der Waals surface area contributed by atoms with Crippen molar-refractivity contribution in [3.8, 4) is 0 Å². The van der Waals surface area contributed by atoms with Crippen LogP contribution in [0.3, 0.4) is 0 Å². The fourth-order valence-corrected chi connectivity index (χ4v) is 1.55. The molecular weight excluding hydrogens is 232 g/mol. The summed E-state index contributed by atoms with van der Waals surface area (Å²) in [5, 5.41) is 6.86. The molecule has 6 heteroatoms. The normalized spacial score (nSPS) is 12.3. The first-order chi connectivity index (χ1) is 8.58. The molecule has 96 valence electrons. The molecule has 1 atom stereocenters. The molecule has 0 saturated heterocycles. The lowest BCUT2D eigenvalue weighted by Gasteiger charge is -2.11. The van der Waals surface area contributed by atoms with Crippen LogP contribution in [0.2, 0.25) is 0 Å². The van der Waals surface area contributed by atoms with Crippen molar-refractivity contribution in [3.63, 3.8) is 0 Å². The van der Waals surface area contributed by atoms with Gasteiger partial charge in [0, 0.05) is 11.8 Å². The molecular formula is C12H16N4O2. The SMILES string of the molecule is Cc1cn(C(C)C(=O)NCc2ccco2)nc1N. The van der Waals surface area contributed by atoms with Gasteiger partial charge in [-0.05, 0) is 26.0 Å². The number of aromatic nitrogens is 2. The molecule has 0 spiro atoms. The first-order valence-corrected chi connectivity index (χ1v) is 5.69. The molecule has 2 aromatic heterocycles. The Labute approximate surface area is 105 Å². The Morgan fingerprint density at radius 2 is 2.44 bits per heavy atom.